The number of nitrogens with one attached hydrogen (secondary N) is 2. The highest BCUT2D eigenvalue weighted by Gasteiger charge is 2.30. The molecule has 1 aliphatic rings. The first-order chi connectivity index (χ1) is 9.09. The zero-order valence-corrected chi connectivity index (χ0v) is 11.1. The Morgan fingerprint density at radius 2 is 1.68 bits per heavy atom. The van der Waals surface area contributed by atoms with Crippen molar-refractivity contribution < 1.29 is 8.42 Å². The highest BCUT2D eigenvalue weighted by Crippen LogP contribution is 2.32. The molecule has 0 aliphatic carbocycles. The number of benzene rings is 2. The van der Waals surface area contributed by atoms with Crippen LogP contribution in [0.5, 0.6) is 0 Å². The molecule has 1 heterocycles. The second-order valence-corrected chi connectivity index (χ2v) is 6.12. The molecule has 0 atom stereocenters. The molecule has 0 spiro atoms. The zero-order valence-electron chi connectivity index (χ0n) is 10.3. The molecule has 5 nitrogen and oxygen atoms in total. The van der Waals surface area contributed by atoms with E-state index < -0.39 is 10.0 Å². The van der Waals surface area contributed by atoms with Crippen molar-refractivity contribution in [2.75, 3.05) is 9.84 Å². The number of anilines is 2. The number of hydrogen-bond acceptors (Lipinski definition) is 4. The highest BCUT2D eigenvalue weighted by atomic mass is 32.2. The second-order valence-electron chi connectivity index (χ2n) is 4.34. The van der Waals surface area contributed by atoms with Crippen molar-refractivity contribution in [1.29, 1.82) is 0 Å². The SMILES string of the molecule is Cc1ccc(S(=O)(=O)N2NNc3ccccc32)cc1. The summed E-state index contributed by atoms with van der Waals surface area (Å²) in [4.78, 5) is 0.254. The van der Waals surface area contributed by atoms with E-state index in [0.717, 1.165) is 15.7 Å². The third-order valence-corrected chi connectivity index (χ3v) is 4.61. The minimum Gasteiger partial charge on any atom is -0.301 e. The molecule has 0 saturated heterocycles. The molecule has 6 heteroatoms. The fourth-order valence-corrected chi connectivity index (χ4v) is 3.21. The summed E-state index contributed by atoms with van der Waals surface area (Å²) in [7, 11) is -3.61. The van der Waals surface area contributed by atoms with Gasteiger partial charge in [0.05, 0.1) is 16.3 Å². The molecule has 98 valence electrons. The lowest BCUT2D eigenvalue weighted by Gasteiger charge is -2.17. The summed E-state index contributed by atoms with van der Waals surface area (Å²) in [5, 5.41) is 0. The third-order valence-electron chi connectivity index (χ3n) is 2.97. The van der Waals surface area contributed by atoms with Gasteiger partial charge in [-0.05, 0) is 31.2 Å². The molecule has 1 aliphatic heterocycles. The number of rotatable bonds is 2. The molecule has 2 aromatic carbocycles. The molecule has 0 bridgehead atoms. The summed E-state index contributed by atoms with van der Waals surface area (Å²) in [5.74, 6) is 0. The number of hydrogen-bond donors (Lipinski definition) is 2. The van der Waals surface area contributed by atoms with Crippen molar-refractivity contribution in [2.45, 2.75) is 11.8 Å². The lowest BCUT2D eigenvalue weighted by atomic mass is 10.2. The van der Waals surface area contributed by atoms with Crippen LogP contribution in [0, 0.1) is 6.92 Å². The van der Waals surface area contributed by atoms with E-state index in [-0.39, 0.29) is 4.90 Å². The average molecular weight is 275 g/mol. The molecule has 0 aromatic heterocycles. The van der Waals surface area contributed by atoms with Crippen LogP contribution in [0.1, 0.15) is 5.56 Å². The van der Waals surface area contributed by atoms with Gasteiger partial charge in [0.2, 0.25) is 0 Å². The number of fused-ring (bicyclic) bond motifs is 1. The van der Waals surface area contributed by atoms with Gasteiger partial charge < -0.3 is 5.43 Å². The maximum Gasteiger partial charge on any atom is 0.279 e. The summed E-state index contributed by atoms with van der Waals surface area (Å²) in [6.45, 7) is 1.92. The first-order valence-electron chi connectivity index (χ1n) is 5.82. The van der Waals surface area contributed by atoms with Crippen molar-refractivity contribution in [3.05, 3.63) is 54.1 Å². The van der Waals surface area contributed by atoms with Gasteiger partial charge in [-0.1, -0.05) is 29.8 Å². The van der Waals surface area contributed by atoms with Crippen LogP contribution in [0.2, 0.25) is 0 Å². The van der Waals surface area contributed by atoms with Gasteiger partial charge in [0, 0.05) is 0 Å². The van der Waals surface area contributed by atoms with Crippen LogP contribution in [-0.4, -0.2) is 8.42 Å². The molecule has 0 saturated carbocycles. The van der Waals surface area contributed by atoms with E-state index in [1.54, 1.807) is 36.4 Å². The van der Waals surface area contributed by atoms with Crippen LogP contribution in [0.3, 0.4) is 0 Å². The van der Waals surface area contributed by atoms with Gasteiger partial charge in [-0.15, -0.1) is 5.53 Å². The van der Waals surface area contributed by atoms with Crippen molar-refractivity contribution in [1.82, 2.24) is 5.53 Å². The summed E-state index contributed by atoms with van der Waals surface area (Å²) < 4.78 is 26.2. The number of hydrazine groups is 2. The van der Waals surface area contributed by atoms with Gasteiger partial charge in [0.1, 0.15) is 0 Å². The van der Waals surface area contributed by atoms with E-state index in [1.165, 1.54) is 0 Å². The van der Waals surface area contributed by atoms with Gasteiger partial charge in [-0.25, -0.2) is 0 Å². The predicted octanol–water partition coefficient (Wildman–Crippen LogP) is 2.04. The molecular formula is C13H13N3O2S. The Kier molecular flexibility index (Phi) is 2.69. The van der Waals surface area contributed by atoms with Gasteiger partial charge in [-0.2, -0.15) is 12.8 Å². The van der Waals surface area contributed by atoms with E-state index in [1.807, 2.05) is 19.1 Å². The molecule has 2 N–H and O–H groups in total. The zero-order chi connectivity index (χ0) is 13.5. The number of nitrogens with zero attached hydrogens (tertiary/aromatic N) is 1. The van der Waals surface area contributed by atoms with Crippen molar-refractivity contribution in [2.24, 2.45) is 0 Å². The fourth-order valence-electron chi connectivity index (χ4n) is 1.93. The van der Waals surface area contributed by atoms with Crippen LogP contribution in [-0.2, 0) is 10.0 Å². The molecule has 0 fully saturated rings. The van der Waals surface area contributed by atoms with Gasteiger partial charge >= 0.3 is 0 Å². The van der Waals surface area contributed by atoms with E-state index >= 15 is 0 Å². The quantitative estimate of drug-likeness (QED) is 0.880. The van der Waals surface area contributed by atoms with Crippen molar-refractivity contribution >= 4 is 21.4 Å². The van der Waals surface area contributed by atoms with Crippen LogP contribution < -0.4 is 15.4 Å². The minimum absolute atomic E-state index is 0.254. The maximum absolute atomic E-state index is 12.5. The normalized spacial score (nSPS) is 14.1. The van der Waals surface area contributed by atoms with Gasteiger partial charge in [-0.3, -0.25) is 0 Å². The fraction of sp³-hybridized carbons (Fsp3) is 0.0769. The summed E-state index contributed by atoms with van der Waals surface area (Å²) in [6.07, 6.45) is 0. The first-order valence-corrected chi connectivity index (χ1v) is 7.26. The van der Waals surface area contributed by atoms with Crippen LogP contribution in [0.4, 0.5) is 11.4 Å². The van der Waals surface area contributed by atoms with E-state index in [4.69, 9.17) is 0 Å². The Hall–Kier alpha value is -2.05. The molecular weight excluding hydrogens is 262 g/mol. The summed E-state index contributed by atoms with van der Waals surface area (Å²) in [6, 6.07) is 14.0. The lowest BCUT2D eigenvalue weighted by Crippen LogP contribution is -2.41. The van der Waals surface area contributed by atoms with Crippen LogP contribution >= 0.6 is 0 Å². The Labute approximate surface area is 111 Å². The van der Waals surface area contributed by atoms with E-state index in [9.17, 15) is 8.42 Å². The summed E-state index contributed by atoms with van der Waals surface area (Å²) in [5.41, 5.74) is 7.85. The summed E-state index contributed by atoms with van der Waals surface area (Å²) >= 11 is 0. The molecule has 0 amide bonds. The van der Waals surface area contributed by atoms with Gasteiger partial charge in [0.15, 0.2) is 0 Å². The molecule has 19 heavy (non-hydrogen) atoms. The van der Waals surface area contributed by atoms with Crippen molar-refractivity contribution in [3.8, 4) is 0 Å². The first kappa shape index (κ1) is 12.0. The Morgan fingerprint density at radius 3 is 2.42 bits per heavy atom. The van der Waals surface area contributed by atoms with Gasteiger partial charge in [0.25, 0.3) is 10.0 Å². The monoisotopic (exact) mass is 275 g/mol. The minimum atomic E-state index is -3.61. The standard InChI is InChI=1S/C13H13N3O2S/c1-10-6-8-11(9-7-10)19(17,18)16-13-5-3-2-4-12(13)14-15-16/h2-9,14-15H,1H3. The topological polar surface area (TPSA) is 61.4 Å². The lowest BCUT2D eigenvalue weighted by molar-refractivity contribution is 0.586. The Morgan fingerprint density at radius 1 is 1.00 bits per heavy atom. The third kappa shape index (κ3) is 1.94. The van der Waals surface area contributed by atoms with Crippen molar-refractivity contribution in [3.63, 3.8) is 0 Å². The molecule has 3 rings (SSSR count). The Balaban J connectivity index is 2.05. The van der Waals surface area contributed by atoms with E-state index in [2.05, 4.69) is 11.0 Å². The Bertz CT molecular complexity index is 711. The van der Waals surface area contributed by atoms with Crippen LogP contribution in [0.25, 0.3) is 0 Å². The number of aryl methyl sites for hydroxylation is 1. The highest BCUT2D eigenvalue weighted by molar-refractivity contribution is 7.92. The molecule has 0 unspecified atom stereocenters. The smallest absolute Gasteiger partial charge is 0.279 e. The molecule has 0 radical (unpaired) electrons. The maximum atomic E-state index is 12.5. The van der Waals surface area contributed by atoms with Crippen LogP contribution in [0.15, 0.2) is 53.4 Å². The second kappa shape index (κ2) is 4.25. The largest absolute Gasteiger partial charge is 0.301 e. The number of sulfonamides is 1. The predicted molar refractivity (Wildman–Crippen MR) is 74.0 cm³/mol. The molecule has 2 aromatic rings. The average Bonchev–Trinajstić information content (AvgIpc) is 2.83. The number of para-hydroxylation sites is 2. The van der Waals surface area contributed by atoms with E-state index in [0.29, 0.717) is 5.69 Å².